The van der Waals surface area contributed by atoms with Crippen molar-refractivity contribution < 1.29 is 0 Å². The van der Waals surface area contributed by atoms with E-state index in [1.807, 2.05) is 44.2 Å². The number of nitrogens with one attached hydrogen (secondary N) is 2. The van der Waals surface area contributed by atoms with E-state index in [1.165, 1.54) is 6.08 Å². The van der Waals surface area contributed by atoms with Crippen LogP contribution < -0.4 is 15.5 Å². The molecule has 2 heterocycles. The van der Waals surface area contributed by atoms with E-state index in [9.17, 15) is 0 Å². The van der Waals surface area contributed by atoms with E-state index < -0.39 is 0 Å². The minimum absolute atomic E-state index is 0.421. The van der Waals surface area contributed by atoms with Crippen molar-refractivity contribution in [2.24, 2.45) is 0 Å². The largest absolute Gasteiger partial charge is 0.338 e. The fraction of sp³-hybridized carbons (Fsp3) is 0.269. The monoisotopic (exact) mass is 465 g/mol. The third-order valence-electron chi connectivity index (χ3n) is 5.82. The molecule has 1 saturated heterocycles. The molecular weight excluding hydrogens is 438 g/mol. The van der Waals surface area contributed by atoms with Gasteiger partial charge in [0.1, 0.15) is 0 Å². The van der Waals surface area contributed by atoms with Gasteiger partial charge in [-0.15, -0.1) is 0 Å². The Morgan fingerprint density at radius 2 is 1.51 bits per heavy atom. The molecule has 35 heavy (non-hydrogen) atoms. The Morgan fingerprint density at radius 1 is 0.886 bits per heavy atom. The first-order chi connectivity index (χ1) is 16.9. The van der Waals surface area contributed by atoms with E-state index in [4.69, 9.17) is 15.5 Å². The number of hydrogen-bond donors (Lipinski definition) is 2. The van der Waals surface area contributed by atoms with E-state index in [0.29, 0.717) is 23.4 Å². The lowest BCUT2D eigenvalue weighted by atomic mass is 10.0. The van der Waals surface area contributed by atoms with Gasteiger partial charge in [0, 0.05) is 43.6 Å². The number of nitrogens with zero attached hydrogens (tertiary/aromatic N) is 7. The molecule has 0 unspecified atom stereocenters. The van der Waals surface area contributed by atoms with Crippen LogP contribution in [0, 0.1) is 36.5 Å². The smallest absolute Gasteiger partial charge is 0.233 e. The number of aromatic nitrogens is 3. The van der Waals surface area contributed by atoms with Crippen molar-refractivity contribution in [3.8, 4) is 12.1 Å². The molecule has 3 aromatic rings. The van der Waals surface area contributed by atoms with Crippen LogP contribution in [0.2, 0.25) is 0 Å². The van der Waals surface area contributed by atoms with Crippen LogP contribution in [0.5, 0.6) is 0 Å². The average Bonchev–Trinajstić information content (AvgIpc) is 2.86. The van der Waals surface area contributed by atoms with Gasteiger partial charge in [-0.25, -0.2) is 0 Å². The molecule has 0 radical (unpaired) electrons. The Bertz CT molecular complexity index is 1290. The Balaban J connectivity index is 1.67. The van der Waals surface area contributed by atoms with E-state index in [1.54, 1.807) is 18.2 Å². The maximum absolute atomic E-state index is 9.06. The molecule has 4 rings (SSSR count). The zero-order chi connectivity index (χ0) is 24.8. The van der Waals surface area contributed by atoms with Crippen LogP contribution in [0.15, 0.2) is 42.5 Å². The highest BCUT2D eigenvalue weighted by atomic mass is 15.4. The summed E-state index contributed by atoms with van der Waals surface area (Å²) in [4.78, 5) is 18.5. The van der Waals surface area contributed by atoms with Gasteiger partial charge in [0.15, 0.2) is 0 Å². The summed E-state index contributed by atoms with van der Waals surface area (Å²) in [5.74, 6) is 1.47. The fourth-order valence-corrected chi connectivity index (χ4v) is 3.92. The third-order valence-corrected chi connectivity index (χ3v) is 5.82. The molecule has 2 N–H and O–H groups in total. The molecule has 9 heteroatoms. The number of benzene rings is 2. The molecule has 0 amide bonds. The summed E-state index contributed by atoms with van der Waals surface area (Å²) in [5, 5.41) is 24.5. The Labute approximate surface area is 205 Å². The van der Waals surface area contributed by atoms with E-state index in [-0.39, 0.29) is 0 Å². The second-order valence-corrected chi connectivity index (χ2v) is 8.50. The summed E-state index contributed by atoms with van der Waals surface area (Å²) < 4.78 is 0. The van der Waals surface area contributed by atoms with Gasteiger partial charge in [0.2, 0.25) is 17.8 Å². The number of piperazine rings is 1. The van der Waals surface area contributed by atoms with Crippen molar-refractivity contribution in [2.75, 3.05) is 48.8 Å². The van der Waals surface area contributed by atoms with Crippen molar-refractivity contribution in [1.82, 2.24) is 19.9 Å². The normalized spacial score (nSPS) is 13.9. The first-order valence-corrected chi connectivity index (χ1v) is 11.4. The van der Waals surface area contributed by atoms with E-state index in [0.717, 1.165) is 54.2 Å². The lowest BCUT2D eigenvalue weighted by Crippen LogP contribution is -2.45. The maximum Gasteiger partial charge on any atom is 0.233 e. The topological polar surface area (TPSA) is 117 Å². The quantitative estimate of drug-likeness (QED) is 0.518. The molecule has 0 spiro atoms. The van der Waals surface area contributed by atoms with E-state index >= 15 is 0 Å². The molecule has 0 aliphatic carbocycles. The van der Waals surface area contributed by atoms with Crippen LogP contribution in [0.4, 0.5) is 29.2 Å². The van der Waals surface area contributed by atoms with Crippen LogP contribution in [0.3, 0.4) is 0 Å². The van der Waals surface area contributed by atoms with Gasteiger partial charge >= 0.3 is 0 Å². The van der Waals surface area contributed by atoms with Crippen LogP contribution >= 0.6 is 0 Å². The minimum atomic E-state index is 0.421. The first-order valence-electron chi connectivity index (χ1n) is 11.4. The Kier molecular flexibility index (Phi) is 7.20. The molecule has 1 aromatic heterocycles. The van der Waals surface area contributed by atoms with Gasteiger partial charge in [-0.05, 0) is 80.1 Å². The summed E-state index contributed by atoms with van der Waals surface area (Å²) in [6, 6.07) is 15.3. The Hall–Kier alpha value is -4.47. The summed E-state index contributed by atoms with van der Waals surface area (Å²) in [6.07, 6.45) is 3.26. The summed E-state index contributed by atoms with van der Waals surface area (Å²) >= 11 is 0. The molecule has 9 nitrogen and oxygen atoms in total. The van der Waals surface area contributed by atoms with Gasteiger partial charge < -0.3 is 20.4 Å². The summed E-state index contributed by atoms with van der Waals surface area (Å²) in [7, 11) is 2.11. The summed E-state index contributed by atoms with van der Waals surface area (Å²) in [6.45, 7) is 7.54. The van der Waals surface area contributed by atoms with Gasteiger partial charge in [0.25, 0.3) is 0 Å². The van der Waals surface area contributed by atoms with Crippen molar-refractivity contribution in [3.05, 3.63) is 64.7 Å². The fourth-order valence-electron chi connectivity index (χ4n) is 3.92. The number of aryl methyl sites for hydroxylation is 2. The lowest BCUT2D eigenvalue weighted by Gasteiger charge is -2.32. The molecule has 1 fully saturated rings. The number of hydrogen-bond acceptors (Lipinski definition) is 9. The highest BCUT2D eigenvalue weighted by Crippen LogP contribution is 2.27. The molecule has 2 aromatic carbocycles. The predicted octanol–water partition coefficient (Wildman–Crippen LogP) is 4.14. The molecule has 1 aliphatic rings. The molecular formula is C26H27N9. The molecule has 0 bridgehead atoms. The standard InChI is InChI=1S/C26H27N9/c1-18-15-21(5-4-10-27)16-19(2)23(18)30-25-31-24(29-22-8-6-20(17-28)7-9-22)32-26(33-25)35-13-11-34(3)12-14-35/h4-9,15-16H,11-14H2,1-3H3,(H2,29,30,31,32,33)/b5-4-. The second kappa shape index (κ2) is 10.6. The number of anilines is 5. The zero-order valence-corrected chi connectivity index (χ0v) is 20.1. The zero-order valence-electron chi connectivity index (χ0n) is 20.1. The highest BCUT2D eigenvalue weighted by Gasteiger charge is 2.19. The van der Waals surface area contributed by atoms with Gasteiger partial charge in [-0.3, -0.25) is 0 Å². The molecule has 176 valence electrons. The molecule has 0 saturated carbocycles. The SMILES string of the molecule is Cc1cc(/C=C\C#N)cc(C)c1Nc1nc(Nc2ccc(C#N)cc2)nc(N2CCN(C)CC2)n1. The second-order valence-electron chi connectivity index (χ2n) is 8.50. The summed E-state index contributed by atoms with van der Waals surface area (Å²) in [5.41, 5.74) is 5.29. The van der Waals surface area contributed by atoms with Crippen LogP contribution in [0.1, 0.15) is 22.3 Å². The lowest BCUT2D eigenvalue weighted by molar-refractivity contribution is 0.311. The van der Waals surface area contributed by atoms with Crippen LogP contribution in [0.25, 0.3) is 6.08 Å². The van der Waals surface area contributed by atoms with Crippen LogP contribution in [-0.4, -0.2) is 53.1 Å². The van der Waals surface area contributed by atoms with Crippen molar-refractivity contribution >= 4 is 35.3 Å². The van der Waals surface area contributed by atoms with Crippen molar-refractivity contribution in [2.45, 2.75) is 13.8 Å². The predicted molar refractivity (Wildman–Crippen MR) is 138 cm³/mol. The number of allylic oxidation sites excluding steroid dienone is 1. The average molecular weight is 466 g/mol. The highest BCUT2D eigenvalue weighted by molar-refractivity contribution is 5.69. The minimum Gasteiger partial charge on any atom is -0.338 e. The van der Waals surface area contributed by atoms with Gasteiger partial charge in [-0.2, -0.15) is 25.5 Å². The van der Waals surface area contributed by atoms with Crippen molar-refractivity contribution in [3.63, 3.8) is 0 Å². The third kappa shape index (κ3) is 5.91. The van der Waals surface area contributed by atoms with E-state index in [2.05, 4.69) is 43.5 Å². The van der Waals surface area contributed by atoms with Crippen LogP contribution in [-0.2, 0) is 0 Å². The Morgan fingerprint density at radius 3 is 2.11 bits per heavy atom. The maximum atomic E-state index is 9.06. The van der Waals surface area contributed by atoms with Crippen molar-refractivity contribution in [1.29, 1.82) is 10.5 Å². The number of rotatable bonds is 6. The first kappa shape index (κ1) is 23.7. The molecule has 0 atom stereocenters. The van der Waals surface area contributed by atoms with Gasteiger partial charge in [-0.1, -0.05) is 0 Å². The molecule has 1 aliphatic heterocycles. The number of likely N-dealkylation sites (N-methyl/N-ethyl adjacent to an activating group) is 1. The number of nitriles is 2. The van der Waals surface area contributed by atoms with Gasteiger partial charge in [0.05, 0.1) is 17.7 Å².